The molecule has 0 aromatic carbocycles. The second-order valence-electron chi connectivity index (χ2n) is 2.28. The number of aryl methyl sites for hydroxylation is 1. The fraction of sp³-hybridized carbons (Fsp3) is 0.333. The Morgan fingerprint density at radius 1 is 1.75 bits per heavy atom. The molecule has 0 fully saturated rings. The first kappa shape index (κ1) is 9.21. The van der Waals surface area contributed by atoms with Gasteiger partial charge in [0.1, 0.15) is 0 Å². The molecule has 1 rings (SSSR count). The van der Waals surface area contributed by atoms with Gasteiger partial charge < -0.3 is 4.57 Å². The highest BCUT2D eigenvalue weighted by Gasteiger charge is 2.14. The fourth-order valence-electron chi connectivity index (χ4n) is 0.736. The molecular formula is C6H10N3O2S. The van der Waals surface area contributed by atoms with Crippen LogP contribution in [0.1, 0.15) is 0 Å². The summed E-state index contributed by atoms with van der Waals surface area (Å²) in [6.45, 7) is 3.50. The lowest BCUT2D eigenvalue weighted by Crippen LogP contribution is -2.23. The van der Waals surface area contributed by atoms with Crippen LogP contribution in [0.4, 0.5) is 0 Å². The van der Waals surface area contributed by atoms with Gasteiger partial charge in [-0.3, -0.25) is 0 Å². The smallest absolute Gasteiger partial charge is 0.259 e. The second kappa shape index (κ2) is 3.24. The van der Waals surface area contributed by atoms with Crippen molar-refractivity contribution >= 4 is 10.0 Å². The Labute approximate surface area is 71.5 Å². The van der Waals surface area contributed by atoms with E-state index in [-0.39, 0.29) is 11.6 Å². The first-order valence-electron chi connectivity index (χ1n) is 3.33. The van der Waals surface area contributed by atoms with Crippen LogP contribution in [0, 0.1) is 6.92 Å². The van der Waals surface area contributed by atoms with Crippen molar-refractivity contribution in [2.75, 3.05) is 6.54 Å². The van der Waals surface area contributed by atoms with Crippen LogP contribution < -0.4 is 4.72 Å². The maximum Gasteiger partial charge on any atom is 0.259 e. The minimum Gasteiger partial charge on any atom is -0.339 e. The summed E-state index contributed by atoms with van der Waals surface area (Å²) in [7, 11) is -1.73. The van der Waals surface area contributed by atoms with Gasteiger partial charge in [0.15, 0.2) is 5.03 Å². The van der Waals surface area contributed by atoms with E-state index in [1.54, 1.807) is 11.6 Å². The van der Waals surface area contributed by atoms with E-state index in [1.807, 2.05) is 0 Å². The summed E-state index contributed by atoms with van der Waals surface area (Å²) in [4.78, 5) is 3.69. The van der Waals surface area contributed by atoms with Gasteiger partial charge in [-0.05, 0) is 6.92 Å². The van der Waals surface area contributed by atoms with Gasteiger partial charge in [-0.25, -0.2) is 18.1 Å². The van der Waals surface area contributed by atoms with E-state index in [4.69, 9.17) is 0 Å². The van der Waals surface area contributed by atoms with Crippen molar-refractivity contribution in [3.05, 3.63) is 19.4 Å². The number of hydrogen-bond acceptors (Lipinski definition) is 3. The third kappa shape index (κ3) is 1.83. The van der Waals surface area contributed by atoms with Crippen LogP contribution in [0.5, 0.6) is 0 Å². The SMILES string of the molecule is [CH2]CNS(=O)(=O)c1cn(C)cn1. The van der Waals surface area contributed by atoms with E-state index < -0.39 is 10.0 Å². The lowest BCUT2D eigenvalue weighted by atomic mass is 10.8. The molecule has 1 aromatic rings. The quantitative estimate of drug-likeness (QED) is 0.697. The van der Waals surface area contributed by atoms with Gasteiger partial charge in [-0.2, -0.15) is 0 Å². The van der Waals surface area contributed by atoms with Crippen LogP contribution in [0.25, 0.3) is 0 Å². The standard InChI is InChI=1S/C6H10N3O2S/c1-3-8-12(10,11)6-4-9(2)5-7-6/h4-5,8H,1,3H2,2H3. The van der Waals surface area contributed by atoms with Crippen molar-refractivity contribution < 1.29 is 8.42 Å². The van der Waals surface area contributed by atoms with Crippen LogP contribution in [0.2, 0.25) is 0 Å². The Hall–Kier alpha value is -0.880. The molecule has 0 unspecified atom stereocenters. The molecule has 1 heterocycles. The molecule has 0 aliphatic carbocycles. The molecule has 12 heavy (non-hydrogen) atoms. The van der Waals surface area contributed by atoms with Gasteiger partial charge in [0, 0.05) is 19.8 Å². The van der Waals surface area contributed by atoms with Crippen LogP contribution in [-0.4, -0.2) is 24.5 Å². The van der Waals surface area contributed by atoms with E-state index in [0.29, 0.717) is 0 Å². The molecule has 0 saturated heterocycles. The van der Waals surface area contributed by atoms with Crippen molar-refractivity contribution in [1.29, 1.82) is 0 Å². The number of hydrogen-bond donors (Lipinski definition) is 1. The summed E-state index contributed by atoms with van der Waals surface area (Å²) < 4.78 is 26.2. The van der Waals surface area contributed by atoms with Crippen molar-refractivity contribution in [1.82, 2.24) is 14.3 Å². The molecule has 1 N–H and O–H groups in total. The molecule has 6 heteroatoms. The summed E-state index contributed by atoms with van der Waals surface area (Å²) in [6.07, 6.45) is 2.86. The van der Waals surface area contributed by atoms with Crippen LogP contribution in [0.3, 0.4) is 0 Å². The molecule has 0 saturated carbocycles. The number of imidazole rings is 1. The van der Waals surface area contributed by atoms with Gasteiger partial charge in [0.2, 0.25) is 0 Å². The minimum absolute atomic E-state index is 0.0219. The molecule has 0 amide bonds. The average molecular weight is 188 g/mol. The third-order valence-electron chi connectivity index (χ3n) is 1.25. The van der Waals surface area contributed by atoms with Crippen molar-refractivity contribution in [3.63, 3.8) is 0 Å². The third-order valence-corrected chi connectivity index (χ3v) is 2.59. The normalized spacial score (nSPS) is 11.8. The van der Waals surface area contributed by atoms with E-state index in [2.05, 4.69) is 16.6 Å². The molecule has 0 spiro atoms. The number of aromatic nitrogens is 2. The number of nitrogens with zero attached hydrogens (tertiary/aromatic N) is 2. The Bertz CT molecular complexity index is 355. The Balaban J connectivity index is 2.98. The fourth-order valence-corrected chi connectivity index (χ4v) is 1.64. The van der Waals surface area contributed by atoms with Gasteiger partial charge in [0.05, 0.1) is 6.33 Å². The summed E-state index contributed by atoms with van der Waals surface area (Å²) in [5.74, 6) is 0. The molecule has 0 bridgehead atoms. The molecule has 1 radical (unpaired) electrons. The molecular weight excluding hydrogens is 178 g/mol. The highest BCUT2D eigenvalue weighted by Crippen LogP contribution is 2.02. The van der Waals surface area contributed by atoms with Crippen molar-refractivity contribution in [3.8, 4) is 0 Å². The largest absolute Gasteiger partial charge is 0.339 e. The zero-order valence-corrected chi connectivity index (χ0v) is 7.50. The molecule has 0 atom stereocenters. The first-order valence-corrected chi connectivity index (χ1v) is 4.81. The first-order chi connectivity index (χ1) is 5.56. The lowest BCUT2D eigenvalue weighted by molar-refractivity contribution is 0.582. The summed E-state index contributed by atoms with van der Waals surface area (Å²) in [5, 5.41) is 0.0219. The predicted octanol–water partition coefficient (Wildman–Crippen LogP) is -0.468. The lowest BCUT2D eigenvalue weighted by Gasteiger charge is -1.98. The van der Waals surface area contributed by atoms with Gasteiger partial charge in [-0.15, -0.1) is 0 Å². The molecule has 5 nitrogen and oxygen atoms in total. The summed E-state index contributed by atoms with van der Waals surface area (Å²) >= 11 is 0. The molecule has 67 valence electrons. The Kier molecular flexibility index (Phi) is 2.49. The second-order valence-corrected chi connectivity index (χ2v) is 3.99. The highest BCUT2D eigenvalue weighted by atomic mass is 32.2. The van der Waals surface area contributed by atoms with Crippen LogP contribution in [0.15, 0.2) is 17.6 Å². The highest BCUT2D eigenvalue weighted by molar-refractivity contribution is 7.89. The van der Waals surface area contributed by atoms with E-state index >= 15 is 0 Å². The van der Waals surface area contributed by atoms with E-state index in [0.717, 1.165) is 0 Å². The molecule has 0 aliphatic heterocycles. The minimum atomic E-state index is -3.43. The number of sulfonamides is 1. The van der Waals surface area contributed by atoms with E-state index in [9.17, 15) is 8.42 Å². The van der Waals surface area contributed by atoms with Crippen molar-refractivity contribution in [2.45, 2.75) is 5.03 Å². The zero-order chi connectivity index (χ0) is 9.19. The van der Waals surface area contributed by atoms with Gasteiger partial charge in [-0.1, -0.05) is 0 Å². The summed E-state index contributed by atoms with van der Waals surface area (Å²) in [6, 6.07) is 0. The maximum atomic E-state index is 11.2. The van der Waals surface area contributed by atoms with Crippen LogP contribution >= 0.6 is 0 Å². The van der Waals surface area contributed by atoms with Gasteiger partial charge in [0.25, 0.3) is 10.0 Å². The Morgan fingerprint density at radius 3 is 2.83 bits per heavy atom. The monoisotopic (exact) mass is 188 g/mol. The van der Waals surface area contributed by atoms with Crippen molar-refractivity contribution in [2.24, 2.45) is 7.05 Å². The molecule has 0 aliphatic rings. The Morgan fingerprint density at radius 2 is 2.42 bits per heavy atom. The van der Waals surface area contributed by atoms with Gasteiger partial charge >= 0.3 is 0 Å². The number of rotatable bonds is 3. The number of nitrogens with one attached hydrogen (secondary N) is 1. The predicted molar refractivity (Wildman–Crippen MR) is 43.8 cm³/mol. The van der Waals surface area contributed by atoms with E-state index in [1.165, 1.54) is 12.5 Å². The average Bonchev–Trinajstić information content (AvgIpc) is 2.36. The van der Waals surface area contributed by atoms with Crippen LogP contribution in [-0.2, 0) is 17.1 Å². The topological polar surface area (TPSA) is 64.0 Å². The molecule has 1 aromatic heterocycles. The maximum absolute atomic E-state index is 11.2. The summed E-state index contributed by atoms with van der Waals surface area (Å²) in [5.41, 5.74) is 0. The zero-order valence-electron chi connectivity index (χ0n) is 6.69.